The molecule has 1 heterocycles. The fourth-order valence-electron chi connectivity index (χ4n) is 2.59. The van der Waals surface area contributed by atoms with Crippen LogP contribution in [0.3, 0.4) is 0 Å². The second-order valence-corrected chi connectivity index (χ2v) is 5.73. The van der Waals surface area contributed by atoms with Crippen LogP contribution in [0.2, 0.25) is 0 Å². The number of hydrogen-bond donors (Lipinski definition) is 1. The Kier molecular flexibility index (Phi) is 5.33. The van der Waals surface area contributed by atoms with Gasteiger partial charge in [0.15, 0.2) is 11.5 Å². The second-order valence-electron chi connectivity index (χ2n) is 5.73. The van der Waals surface area contributed by atoms with Crippen LogP contribution >= 0.6 is 0 Å². The fourth-order valence-corrected chi connectivity index (χ4v) is 2.59. The van der Waals surface area contributed by atoms with Crippen molar-refractivity contribution in [1.82, 2.24) is 9.97 Å². The Morgan fingerprint density at radius 1 is 1.04 bits per heavy atom. The van der Waals surface area contributed by atoms with Gasteiger partial charge in [0, 0.05) is 5.56 Å². The summed E-state index contributed by atoms with van der Waals surface area (Å²) < 4.78 is 11.5. The molecule has 0 amide bonds. The molecular formula is C20H22N2O3. The summed E-state index contributed by atoms with van der Waals surface area (Å²) in [4.78, 5) is 19.7. The van der Waals surface area contributed by atoms with E-state index in [0.717, 1.165) is 18.4 Å². The standard InChI is InChI=1S/C20H22N2O3/c1-3-5-12-25-17-11-10-14(13-18(17)24-4-2)19-21-16-9-7-6-8-15(16)20(23)22-19/h6-11,13H,3-5,12H2,1-2H3,(H,21,22,23). The van der Waals surface area contributed by atoms with E-state index in [1.54, 1.807) is 6.07 Å². The number of unbranched alkanes of at least 4 members (excludes halogenated alkanes) is 1. The van der Waals surface area contributed by atoms with E-state index in [4.69, 9.17) is 9.47 Å². The predicted octanol–water partition coefficient (Wildman–Crippen LogP) is 4.17. The van der Waals surface area contributed by atoms with Gasteiger partial charge in [0.25, 0.3) is 5.56 Å². The molecule has 0 fully saturated rings. The number of rotatable bonds is 7. The Bertz CT molecular complexity index is 918. The molecule has 25 heavy (non-hydrogen) atoms. The first-order valence-corrected chi connectivity index (χ1v) is 8.62. The topological polar surface area (TPSA) is 64.2 Å². The molecule has 5 nitrogen and oxygen atoms in total. The Labute approximate surface area is 146 Å². The first kappa shape index (κ1) is 17.0. The SMILES string of the molecule is CCCCOc1ccc(-c2nc3ccccc3c(=O)[nH]2)cc1OCC. The third-order valence-corrected chi connectivity index (χ3v) is 3.89. The summed E-state index contributed by atoms with van der Waals surface area (Å²) in [6.07, 6.45) is 2.07. The average Bonchev–Trinajstić information content (AvgIpc) is 2.63. The van der Waals surface area contributed by atoms with Crippen molar-refractivity contribution >= 4 is 10.9 Å². The van der Waals surface area contributed by atoms with Crippen molar-refractivity contribution in [3.8, 4) is 22.9 Å². The van der Waals surface area contributed by atoms with E-state index in [1.165, 1.54) is 0 Å². The van der Waals surface area contributed by atoms with Crippen molar-refractivity contribution in [2.24, 2.45) is 0 Å². The molecule has 0 aliphatic heterocycles. The molecule has 130 valence electrons. The van der Waals surface area contributed by atoms with E-state index in [0.29, 0.717) is 41.4 Å². The lowest BCUT2D eigenvalue weighted by atomic mass is 10.1. The monoisotopic (exact) mass is 338 g/mol. The number of aromatic nitrogens is 2. The maximum atomic E-state index is 12.3. The number of H-pyrrole nitrogens is 1. The van der Waals surface area contributed by atoms with Gasteiger partial charge in [-0.3, -0.25) is 4.79 Å². The number of ether oxygens (including phenoxy) is 2. The molecule has 5 heteroatoms. The van der Waals surface area contributed by atoms with Gasteiger partial charge in [-0.05, 0) is 43.7 Å². The average molecular weight is 338 g/mol. The highest BCUT2D eigenvalue weighted by Crippen LogP contribution is 2.32. The van der Waals surface area contributed by atoms with E-state index < -0.39 is 0 Å². The van der Waals surface area contributed by atoms with Crippen LogP contribution in [0.25, 0.3) is 22.3 Å². The Morgan fingerprint density at radius 2 is 1.88 bits per heavy atom. The molecule has 3 rings (SSSR count). The van der Waals surface area contributed by atoms with Crippen LogP contribution in [0.4, 0.5) is 0 Å². The Hall–Kier alpha value is -2.82. The van der Waals surface area contributed by atoms with Gasteiger partial charge in [0.1, 0.15) is 5.82 Å². The largest absolute Gasteiger partial charge is 0.490 e. The highest BCUT2D eigenvalue weighted by atomic mass is 16.5. The fraction of sp³-hybridized carbons (Fsp3) is 0.300. The number of benzene rings is 2. The number of para-hydroxylation sites is 1. The number of fused-ring (bicyclic) bond motifs is 1. The zero-order valence-corrected chi connectivity index (χ0v) is 14.5. The third kappa shape index (κ3) is 3.82. The van der Waals surface area contributed by atoms with Gasteiger partial charge in [-0.1, -0.05) is 25.5 Å². The van der Waals surface area contributed by atoms with Gasteiger partial charge < -0.3 is 14.5 Å². The molecule has 1 aromatic heterocycles. The van der Waals surface area contributed by atoms with Crippen molar-refractivity contribution in [3.63, 3.8) is 0 Å². The molecule has 3 aromatic rings. The van der Waals surface area contributed by atoms with Gasteiger partial charge in [0.2, 0.25) is 0 Å². The molecular weight excluding hydrogens is 316 g/mol. The summed E-state index contributed by atoms with van der Waals surface area (Å²) in [6.45, 7) is 5.24. The normalized spacial score (nSPS) is 10.8. The van der Waals surface area contributed by atoms with Crippen LogP contribution in [0.1, 0.15) is 26.7 Å². The van der Waals surface area contributed by atoms with E-state index in [-0.39, 0.29) is 5.56 Å². The summed E-state index contributed by atoms with van der Waals surface area (Å²) in [5.74, 6) is 1.89. The quantitative estimate of drug-likeness (QED) is 0.657. The van der Waals surface area contributed by atoms with Crippen LogP contribution in [0, 0.1) is 0 Å². The number of nitrogens with zero attached hydrogens (tertiary/aromatic N) is 1. The smallest absolute Gasteiger partial charge is 0.259 e. The van der Waals surface area contributed by atoms with Gasteiger partial charge in [-0.2, -0.15) is 0 Å². The lowest BCUT2D eigenvalue weighted by molar-refractivity contribution is 0.273. The third-order valence-electron chi connectivity index (χ3n) is 3.89. The minimum Gasteiger partial charge on any atom is -0.490 e. The van der Waals surface area contributed by atoms with Crippen LogP contribution in [-0.2, 0) is 0 Å². The minimum atomic E-state index is -0.151. The molecule has 0 unspecified atom stereocenters. The predicted molar refractivity (Wildman–Crippen MR) is 99.4 cm³/mol. The molecule has 1 N–H and O–H groups in total. The van der Waals surface area contributed by atoms with E-state index in [2.05, 4.69) is 16.9 Å². The van der Waals surface area contributed by atoms with E-state index >= 15 is 0 Å². The molecule has 0 radical (unpaired) electrons. The molecule has 0 bridgehead atoms. The summed E-state index contributed by atoms with van der Waals surface area (Å²) in [7, 11) is 0. The summed E-state index contributed by atoms with van der Waals surface area (Å²) in [5.41, 5.74) is 1.30. The summed E-state index contributed by atoms with van der Waals surface area (Å²) in [5, 5.41) is 0.579. The van der Waals surface area contributed by atoms with Gasteiger partial charge in [-0.15, -0.1) is 0 Å². The van der Waals surface area contributed by atoms with Crippen molar-refractivity contribution in [1.29, 1.82) is 0 Å². The number of hydrogen-bond acceptors (Lipinski definition) is 4. The van der Waals surface area contributed by atoms with Gasteiger partial charge in [-0.25, -0.2) is 4.98 Å². The van der Waals surface area contributed by atoms with Crippen LogP contribution in [0.15, 0.2) is 47.3 Å². The molecule has 0 spiro atoms. The van der Waals surface area contributed by atoms with E-state index in [1.807, 2.05) is 43.3 Å². The Balaban J connectivity index is 1.99. The van der Waals surface area contributed by atoms with E-state index in [9.17, 15) is 4.79 Å². The lowest BCUT2D eigenvalue weighted by Gasteiger charge is -2.13. The molecule has 0 atom stereocenters. The number of nitrogens with one attached hydrogen (secondary N) is 1. The lowest BCUT2D eigenvalue weighted by Crippen LogP contribution is -2.09. The molecule has 2 aromatic carbocycles. The summed E-state index contributed by atoms with van der Waals surface area (Å²) >= 11 is 0. The zero-order chi connectivity index (χ0) is 17.6. The van der Waals surface area contributed by atoms with Gasteiger partial charge >= 0.3 is 0 Å². The second kappa shape index (κ2) is 7.83. The minimum absolute atomic E-state index is 0.151. The zero-order valence-electron chi connectivity index (χ0n) is 14.5. The maximum Gasteiger partial charge on any atom is 0.259 e. The van der Waals surface area contributed by atoms with Crippen LogP contribution in [0.5, 0.6) is 11.5 Å². The molecule has 0 aliphatic rings. The first-order chi connectivity index (χ1) is 12.2. The maximum absolute atomic E-state index is 12.3. The van der Waals surface area contributed by atoms with Crippen molar-refractivity contribution < 1.29 is 9.47 Å². The highest BCUT2D eigenvalue weighted by molar-refractivity contribution is 5.79. The van der Waals surface area contributed by atoms with Crippen LogP contribution in [-0.4, -0.2) is 23.2 Å². The van der Waals surface area contributed by atoms with Crippen molar-refractivity contribution in [3.05, 3.63) is 52.8 Å². The molecule has 0 saturated heterocycles. The van der Waals surface area contributed by atoms with Crippen molar-refractivity contribution in [2.75, 3.05) is 13.2 Å². The molecule has 0 aliphatic carbocycles. The van der Waals surface area contributed by atoms with Gasteiger partial charge in [0.05, 0.1) is 24.1 Å². The first-order valence-electron chi connectivity index (χ1n) is 8.62. The summed E-state index contributed by atoms with van der Waals surface area (Å²) in [6, 6.07) is 12.9. The Morgan fingerprint density at radius 3 is 2.68 bits per heavy atom. The highest BCUT2D eigenvalue weighted by Gasteiger charge is 2.11. The van der Waals surface area contributed by atoms with Crippen LogP contribution < -0.4 is 15.0 Å². The number of aromatic amines is 1. The van der Waals surface area contributed by atoms with Crippen molar-refractivity contribution in [2.45, 2.75) is 26.7 Å². The molecule has 0 saturated carbocycles.